The van der Waals surface area contributed by atoms with Crippen molar-refractivity contribution in [2.24, 2.45) is 0 Å². The summed E-state index contributed by atoms with van der Waals surface area (Å²) in [6.45, 7) is 2.32. The first kappa shape index (κ1) is 14.8. The molecule has 1 aromatic heterocycles. The average Bonchev–Trinajstić information content (AvgIpc) is 2.73. The highest BCUT2D eigenvalue weighted by atomic mass is 32.1. The molecule has 1 aromatic rings. The number of aliphatic hydroxyl groups excluding tert-OH is 1. The molecule has 0 spiro atoms. The molecule has 1 amide bonds. The van der Waals surface area contributed by atoms with E-state index in [1.807, 2.05) is 12.3 Å². The Morgan fingerprint density at radius 1 is 1.72 bits per heavy atom. The second-order valence-electron chi connectivity index (χ2n) is 3.80. The highest BCUT2D eigenvalue weighted by Crippen LogP contribution is 2.09. The quantitative estimate of drug-likeness (QED) is 0.724. The normalized spacial score (nSPS) is 12.8. The molecular weight excluding hydrogens is 252 g/mol. The van der Waals surface area contributed by atoms with Crippen LogP contribution in [0, 0.1) is 6.92 Å². The summed E-state index contributed by atoms with van der Waals surface area (Å²) in [7, 11) is 1.56. The molecule has 0 aliphatic rings. The van der Waals surface area contributed by atoms with E-state index >= 15 is 0 Å². The van der Waals surface area contributed by atoms with Crippen molar-refractivity contribution < 1.29 is 14.6 Å². The molecule has 0 saturated carbocycles. The number of aliphatic hydroxyl groups is 1. The first-order valence-corrected chi connectivity index (χ1v) is 6.54. The molecule has 0 bridgehead atoms. The number of thiazole rings is 1. The van der Waals surface area contributed by atoms with Gasteiger partial charge >= 0.3 is 0 Å². The van der Waals surface area contributed by atoms with E-state index in [1.165, 1.54) is 17.4 Å². The number of hydrogen-bond donors (Lipinski definition) is 2. The molecule has 1 atom stereocenters. The number of amides is 1. The molecule has 0 aliphatic heterocycles. The molecule has 0 fully saturated rings. The topological polar surface area (TPSA) is 71.5 Å². The number of carbonyl (C=O) groups is 1. The van der Waals surface area contributed by atoms with Gasteiger partial charge in [0.2, 0.25) is 5.91 Å². The van der Waals surface area contributed by atoms with Crippen LogP contribution >= 0.6 is 11.3 Å². The van der Waals surface area contributed by atoms with Crippen LogP contribution in [0.4, 0.5) is 0 Å². The van der Waals surface area contributed by atoms with Crippen LogP contribution in [0.1, 0.15) is 17.1 Å². The van der Waals surface area contributed by atoms with Gasteiger partial charge in [-0.05, 0) is 19.4 Å². The Bertz CT molecular complexity index is 398. The maximum Gasteiger partial charge on any atom is 0.244 e. The standard InChI is InChI=1S/C12H18N2O3S/c1-9-13-11(8-18-9)3-4-12(16)14-10(5-6-15)7-17-2/h3-4,8,10,15H,5-7H2,1-2H3,(H,14,16)/b4-3+. The molecule has 0 radical (unpaired) electrons. The summed E-state index contributed by atoms with van der Waals surface area (Å²) in [5.74, 6) is -0.212. The second kappa shape index (κ2) is 7.97. The Balaban J connectivity index is 2.46. The van der Waals surface area contributed by atoms with E-state index in [0.717, 1.165) is 10.7 Å². The number of nitrogens with one attached hydrogen (secondary N) is 1. The van der Waals surface area contributed by atoms with Crippen LogP contribution < -0.4 is 5.32 Å². The van der Waals surface area contributed by atoms with Gasteiger partial charge < -0.3 is 15.2 Å². The Morgan fingerprint density at radius 3 is 3.06 bits per heavy atom. The first-order valence-electron chi connectivity index (χ1n) is 5.66. The summed E-state index contributed by atoms with van der Waals surface area (Å²) < 4.78 is 4.96. The van der Waals surface area contributed by atoms with E-state index in [0.29, 0.717) is 13.0 Å². The fourth-order valence-corrected chi connectivity index (χ4v) is 2.00. The SMILES string of the molecule is COCC(CCO)NC(=O)/C=C/c1csc(C)n1. The molecule has 100 valence electrons. The number of hydrogen-bond acceptors (Lipinski definition) is 5. The predicted molar refractivity (Wildman–Crippen MR) is 71.4 cm³/mol. The molecule has 1 unspecified atom stereocenters. The van der Waals surface area contributed by atoms with Crippen LogP contribution in [-0.4, -0.2) is 42.4 Å². The van der Waals surface area contributed by atoms with Gasteiger partial charge in [0, 0.05) is 25.2 Å². The van der Waals surface area contributed by atoms with Crippen LogP contribution in [0.25, 0.3) is 6.08 Å². The van der Waals surface area contributed by atoms with Gasteiger partial charge in [-0.3, -0.25) is 4.79 Å². The van der Waals surface area contributed by atoms with E-state index < -0.39 is 0 Å². The summed E-state index contributed by atoms with van der Waals surface area (Å²) in [5.41, 5.74) is 0.776. The third-order valence-electron chi connectivity index (χ3n) is 2.23. The molecule has 2 N–H and O–H groups in total. The Labute approximate surface area is 111 Å². The third-order valence-corrected chi connectivity index (χ3v) is 3.03. The van der Waals surface area contributed by atoms with Gasteiger partial charge in [0.1, 0.15) is 0 Å². The van der Waals surface area contributed by atoms with E-state index in [-0.39, 0.29) is 18.6 Å². The van der Waals surface area contributed by atoms with Gasteiger partial charge in [-0.1, -0.05) is 0 Å². The number of ether oxygens (including phenoxy) is 1. The Kier molecular flexibility index (Phi) is 6.56. The Hall–Kier alpha value is -1.24. The summed E-state index contributed by atoms with van der Waals surface area (Å²) in [5, 5.41) is 14.5. The third kappa shape index (κ3) is 5.39. The van der Waals surface area contributed by atoms with Crippen LogP contribution in [0.2, 0.25) is 0 Å². The van der Waals surface area contributed by atoms with Crippen molar-refractivity contribution in [1.82, 2.24) is 10.3 Å². The number of aromatic nitrogens is 1. The van der Waals surface area contributed by atoms with Crippen molar-refractivity contribution in [3.8, 4) is 0 Å². The van der Waals surface area contributed by atoms with E-state index in [2.05, 4.69) is 10.3 Å². The summed E-state index contributed by atoms with van der Waals surface area (Å²) in [6, 6.07) is -0.172. The zero-order chi connectivity index (χ0) is 13.4. The van der Waals surface area contributed by atoms with Crippen molar-refractivity contribution in [2.75, 3.05) is 20.3 Å². The molecule has 0 aliphatic carbocycles. The largest absolute Gasteiger partial charge is 0.396 e. The second-order valence-corrected chi connectivity index (χ2v) is 4.86. The first-order chi connectivity index (χ1) is 8.65. The summed E-state index contributed by atoms with van der Waals surface area (Å²) >= 11 is 1.54. The van der Waals surface area contributed by atoms with Crippen molar-refractivity contribution in [1.29, 1.82) is 0 Å². The summed E-state index contributed by atoms with van der Waals surface area (Å²) in [6.07, 6.45) is 3.58. The number of carbonyl (C=O) groups excluding carboxylic acids is 1. The lowest BCUT2D eigenvalue weighted by molar-refractivity contribution is -0.117. The van der Waals surface area contributed by atoms with Gasteiger partial charge in [0.25, 0.3) is 0 Å². The van der Waals surface area contributed by atoms with Gasteiger partial charge in [0.15, 0.2) is 0 Å². The van der Waals surface area contributed by atoms with E-state index in [9.17, 15) is 4.79 Å². The molecule has 1 heterocycles. The number of aryl methyl sites for hydroxylation is 1. The molecule has 0 aromatic carbocycles. The Morgan fingerprint density at radius 2 is 2.50 bits per heavy atom. The lowest BCUT2D eigenvalue weighted by atomic mass is 10.2. The minimum absolute atomic E-state index is 0.0172. The molecule has 18 heavy (non-hydrogen) atoms. The molecule has 5 nitrogen and oxygen atoms in total. The highest BCUT2D eigenvalue weighted by Gasteiger charge is 2.09. The smallest absolute Gasteiger partial charge is 0.244 e. The van der Waals surface area contributed by atoms with Gasteiger partial charge in [-0.25, -0.2) is 4.98 Å². The van der Waals surface area contributed by atoms with Crippen molar-refractivity contribution in [2.45, 2.75) is 19.4 Å². The molecular formula is C12H18N2O3S. The average molecular weight is 270 g/mol. The van der Waals surface area contributed by atoms with Gasteiger partial charge in [-0.2, -0.15) is 0 Å². The van der Waals surface area contributed by atoms with Crippen LogP contribution in [0.5, 0.6) is 0 Å². The minimum atomic E-state index is -0.212. The van der Waals surface area contributed by atoms with Crippen molar-refractivity contribution in [3.05, 3.63) is 22.2 Å². The molecule has 6 heteroatoms. The zero-order valence-corrected chi connectivity index (χ0v) is 11.4. The molecule has 1 rings (SSSR count). The fraction of sp³-hybridized carbons (Fsp3) is 0.500. The fourth-order valence-electron chi connectivity index (χ4n) is 1.42. The van der Waals surface area contributed by atoms with Crippen LogP contribution in [0.3, 0.4) is 0 Å². The number of rotatable bonds is 7. The maximum atomic E-state index is 11.6. The van der Waals surface area contributed by atoms with E-state index in [4.69, 9.17) is 9.84 Å². The van der Waals surface area contributed by atoms with Gasteiger partial charge in [0.05, 0.1) is 23.4 Å². The zero-order valence-electron chi connectivity index (χ0n) is 10.5. The highest BCUT2D eigenvalue weighted by molar-refractivity contribution is 7.09. The molecule has 0 saturated heterocycles. The van der Waals surface area contributed by atoms with Crippen LogP contribution in [-0.2, 0) is 9.53 Å². The lowest BCUT2D eigenvalue weighted by Crippen LogP contribution is -2.37. The van der Waals surface area contributed by atoms with Gasteiger partial charge in [-0.15, -0.1) is 11.3 Å². The number of methoxy groups -OCH3 is 1. The summed E-state index contributed by atoms with van der Waals surface area (Å²) in [4.78, 5) is 15.8. The predicted octanol–water partition coefficient (Wildman–Crippen LogP) is 0.978. The van der Waals surface area contributed by atoms with E-state index in [1.54, 1.807) is 13.2 Å². The van der Waals surface area contributed by atoms with Crippen molar-refractivity contribution >= 4 is 23.3 Å². The van der Waals surface area contributed by atoms with Crippen LogP contribution in [0.15, 0.2) is 11.5 Å². The monoisotopic (exact) mass is 270 g/mol. The van der Waals surface area contributed by atoms with Crippen molar-refractivity contribution in [3.63, 3.8) is 0 Å². The maximum absolute atomic E-state index is 11.6. The number of nitrogens with zero attached hydrogens (tertiary/aromatic N) is 1. The minimum Gasteiger partial charge on any atom is -0.396 e. The lowest BCUT2D eigenvalue weighted by Gasteiger charge is -2.15.